The van der Waals surface area contributed by atoms with Crippen molar-refractivity contribution in [1.82, 2.24) is 5.32 Å². The van der Waals surface area contributed by atoms with Crippen LogP contribution in [0.25, 0.3) is 0 Å². The van der Waals surface area contributed by atoms with Gasteiger partial charge in [-0.3, -0.25) is 0 Å². The van der Waals surface area contributed by atoms with Crippen molar-refractivity contribution in [2.45, 2.75) is 39.0 Å². The molecule has 5 heteroatoms. The average Bonchev–Trinajstić information content (AvgIpc) is 2.66. The van der Waals surface area contributed by atoms with E-state index in [1.165, 1.54) is 0 Å². The molecule has 25 heavy (non-hydrogen) atoms. The first-order valence-electron chi connectivity index (χ1n) is 8.37. The van der Waals surface area contributed by atoms with E-state index < -0.39 is 18.1 Å². The standard InChI is InChI=1S/C20H23NO4/c1-2-9-18(19(22)24-14-16-10-5-3-6-11-16)21-20(23)25-15-17-12-7-4-8-13-17/h3-8,10-13,18H,2,9,14-15H2,1H3,(H,21,23). The maximum Gasteiger partial charge on any atom is 0.408 e. The zero-order chi connectivity index (χ0) is 17.9. The van der Waals surface area contributed by atoms with Crippen LogP contribution < -0.4 is 5.32 Å². The molecular formula is C20H23NO4. The zero-order valence-electron chi connectivity index (χ0n) is 14.3. The zero-order valence-corrected chi connectivity index (χ0v) is 14.3. The minimum atomic E-state index is -0.711. The molecule has 0 aromatic heterocycles. The molecule has 132 valence electrons. The molecule has 1 atom stereocenters. The second kappa shape index (κ2) is 10.1. The third-order valence-corrected chi connectivity index (χ3v) is 3.59. The highest BCUT2D eigenvalue weighted by Gasteiger charge is 2.22. The number of carbonyl (C=O) groups excluding carboxylic acids is 2. The summed E-state index contributed by atoms with van der Waals surface area (Å²) < 4.78 is 10.5. The first-order valence-corrected chi connectivity index (χ1v) is 8.37. The largest absolute Gasteiger partial charge is 0.459 e. The Balaban J connectivity index is 1.81. The highest BCUT2D eigenvalue weighted by atomic mass is 16.6. The molecule has 0 fully saturated rings. The van der Waals surface area contributed by atoms with Gasteiger partial charge in [-0.25, -0.2) is 9.59 Å². The van der Waals surface area contributed by atoms with Gasteiger partial charge in [0.15, 0.2) is 0 Å². The number of nitrogens with one attached hydrogen (secondary N) is 1. The van der Waals surface area contributed by atoms with Crippen LogP contribution in [0.4, 0.5) is 4.79 Å². The van der Waals surface area contributed by atoms with Crippen LogP contribution in [0.1, 0.15) is 30.9 Å². The van der Waals surface area contributed by atoms with Crippen LogP contribution in [0.15, 0.2) is 60.7 Å². The summed E-state index contributed by atoms with van der Waals surface area (Å²) >= 11 is 0. The van der Waals surface area contributed by atoms with Crippen LogP contribution in [-0.4, -0.2) is 18.1 Å². The minimum Gasteiger partial charge on any atom is -0.459 e. The van der Waals surface area contributed by atoms with E-state index in [2.05, 4.69) is 5.32 Å². The molecule has 0 bridgehead atoms. The Labute approximate surface area is 148 Å². The highest BCUT2D eigenvalue weighted by Crippen LogP contribution is 2.06. The van der Waals surface area contributed by atoms with Gasteiger partial charge in [0.1, 0.15) is 19.3 Å². The summed E-state index contributed by atoms with van der Waals surface area (Å²) in [5, 5.41) is 2.59. The maximum atomic E-state index is 12.2. The molecule has 0 heterocycles. The molecule has 2 rings (SSSR count). The minimum absolute atomic E-state index is 0.157. The van der Waals surface area contributed by atoms with Crippen molar-refractivity contribution in [1.29, 1.82) is 0 Å². The van der Waals surface area contributed by atoms with Crippen molar-refractivity contribution in [2.24, 2.45) is 0 Å². The number of amides is 1. The molecule has 2 aromatic rings. The molecule has 0 aliphatic rings. The second-order valence-corrected chi connectivity index (χ2v) is 5.64. The van der Waals surface area contributed by atoms with E-state index in [9.17, 15) is 9.59 Å². The van der Waals surface area contributed by atoms with Gasteiger partial charge in [-0.15, -0.1) is 0 Å². The quantitative estimate of drug-likeness (QED) is 0.741. The molecule has 0 radical (unpaired) electrons. The molecular weight excluding hydrogens is 318 g/mol. The summed E-state index contributed by atoms with van der Waals surface area (Å²) in [6.07, 6.45) is 0.608. The SMILES string of the molecule is CCCC(NC(=O)OCc1ccccc1)C(=O)OCc1ccccc1. The molecule has 1 amide bonds. The third kappa shape index (κ3) is 6.67. The maximum absolute atomic E-state index is 12.2. The van der Waals surface area contributed by atoms with Gasteiger partial charge < -0.3 is 14.8 Å². The summed E-state index contributed by atoms with van der Waals surface area (Å²) in [7, 11) is 0. The van der Waals surface area contributed by atoms with Crippen LogP contribution in [0.2, 0.25) is 0 Å². The van der Waals surface area contributed by atoms with Gasteiger partial charge in [-0.2, -0.15) is 0 Å². The fraction of sp³-hybridized carbons (Fsp3) is 0.300. The number of hydrogen-bond acceptors (Lipinski definition) is 4. The van der Waals surface area contributed by atoms with E-state index in [0.717, 1.165) is 17.5 Å². The molecule has 0 aliphatic carbocycles. The van der Waals surface area contributed by atoms with Crippen molar-refractivity contribution in [3.8, 4) is 0 Å². The van der Waals surface area contributed by atoms with Gasteiger partial charge in [0.05, 0.1) is 0 Å². The number of carbonyl (C=O) groups is 2. The Bertz CT molecular complexity index is 658. The van der Waals surface area contributed by atoms with Crippen molar-refractivity contribution in [3.63, 3.8) is 0 Å². The highest BCUT2D eigenvalue weighted by molar-refractivity contribution is 5.81. The summed E-state index contributed by atoms with van der Waals surface area (Å²) in [5.41, 5.74) is 1.79. The molecule has 2 aromatic carbocycles. The van der Waals surface area contributed by atoms with Crippen LogP contribution in [0.5, 0.6) is 0 Å². The average molecular weight is 341 g/mol. The Hall–Kier alpha value is -2.82. The lowest BCUT2D eigenvalue weighted by molar-refractivity contribution is -0.147. The van der Waals surface area contributed by atoms with Crippen LogP contribution in [0, 0.1) is 0 Å². The first-order chi connectivity index (χ1) is 12.2. The monoisotopic (exact) mass is 341 g/mol. The summed E-state index contributed by atoms with van der Waals surface area (Å²) in [4.78, 5) is 24.2. The fourth-order valence-corrected chi connectivity index (χ4v) is 2.27. The van der Waals surface area contributed by atoms with E-state index in [0.29, 0.717) is 6.42 Å². The first kappa shape index (κ1) is 18.5. The molecule has 1 unspecified atom stereocenters. The molecule has 5 nitrogen and oxygen atoms in total. The van der Waals surface area contributed by atoms with Gasteiger partial charge in [0.2, 0.25) is 0 Å². The van der Waals surface area contributed by atoms with Gasteiger partial charge in [-0.1, -0.05) is 74.0 Å². The lowest BCUT2D eigenvalue weighted by Gasteiger charge is -2.17. The summed E-state index contributed by atoms with van der Waals surface area (Å²) in [5.74, 6) is -0.456. The number of ether oxygens (including phenoxy) is 2. The normalized spacial score (nSPS) is 11.4. The van der Waals surface area contributed by atoms with Gasteiger partial charge >= 0.3 is 12.1 Å². The Morgan fingerprint density at radius 3 is 1.92 bits per heavy atom. The predicted molar refractivity (Wildman–Crippen MR) is 94.7 cm³/mol. The Morgan fingerprint density at radius 1 is 0.880 bits per heavy atom. The fourth-order valence-electron chi connectivity index (χ4n) is 2.27. The van der Waals surface area contributed by atoms with Crippen molar-refractivity contribution in [3.05, 3.63) is 71.8 Å². The molecule has 0 spiro atoms. The topological polar surface area (TPSA) is 64.6 Å². The third-order valence-electron chi connectivity index (χ3n) is 3.59. The summed E-state index contributed by atoms with van der Waals surface area (Å²) in [6.45, 7) is 2.28. The Morgan fingerprint density at radius 2 is 1.40 bits per heavy atom. The molecule has 0 saturated carbocycles. The van der Waals surface area contributed by atoms with E-state index in [4.69, 9.17) is 9.47 Å². The second-order valence-electron chi connectivity index (χ2n) is 5.64. The van der Waals surface area contributed by atoms with Crippen LogP contribution in [-0.2, 0) is 27.5 Å². The van der Waals surface area contributed by atoms with E-state index in [1.807, 2.05) is 67.6 Å². The number of rotatable bonds is 8. The van der Waals surface area contributed by atoms with Gasteiger partial charge in [-0.05, 0) is 17.5 Å². The lowest BCUT2D eigenvalue weighted by Crippen LogP contribution is -2.41. The van der Waals surface area contributed by atoms with Crippen LogP contribution >= 0.6 is 0 Å². The number of hydrogen-bond donors (Lipinski definition) is 1. The van der Waals surface area contributed by atoms with Gasteiger partial charge in [0.25, 0.3) is 0 Å². The number of esters is 1. The van der Waals surface area contributed by atoms with E-state index >= 15 is 0 Å². The Kier molecular flexibility index (Phi) is 7.50. The predicted octanol–water partition coefficient (Wildman–Crippen LogP) is 3.82. The van der Waals surface area contributed by atoms with Gasteiger partial charge in [0, 0.05) is 0 Å². The van der Waals surface area contributed by atoms with E-state index in [-0.39, 0.29) is 13.2 Å². The molecule has 0 saturated heterocycles. The van der Waals surface area contributed by atoms with Crippen LogP contribution in [0.3, 0.4) is 0 Å². The van der Waals surface area contributed by atoms with Crippen molar-refractivity contribution >= 4 is 12.1 Å². The van der Waals surface area contributed by atoms with Crippen molar-refractivity contribution < 1.29 is 19.1 Å². The number of benzene rings is 2. The lowest BCUT2D eigenvalue weighted by atomic mass is 10.1. The number of alkyl carbamates (subject to hydrolysis) is 1. The molecule has 0 aliphatic heterocycles. The van der Waals surface area contributed by atoms with Crippen molar-refractivity contribution in [2.75, 3.05) is 0 Å². The van der Waals surface area contributed by atoms with E-state index in [1.54, 1.807) is 0 Å². The summed E-state index contributed by atoms with van der Waals surface area (Å²) in [6, 6.07) is 18.1. The smallest absolute Gasteiger partial charge is 0.408 e. The molecule has 1 N–H and O–H groups in total.